The molecular weight excluding hydrogens is 244 g/mol. The van der Waals surface area contributed by atoms with Crippen molar-refractivity contribution >= 4 is 11.8 Å². The average Bonchev–Trinajstić information content (AvgIpc) is 2.77. The zero-order valence-corrected chi connectivity index (χ0v) is 11.5. The summed E-state index contributed by atoms with van der Waals surface area (Å²) in [5, 5.41) is 1.90. The predicted octanol–water partition coefficient (Wildman–Crippen LogP) is 2.25. The third-order valence-corrected chi connectivity index (χ3v) is 3.82. The average molecular weight is 262 g/mol. The van der Waals surface area contributed by atoms with E-state index in [1.165, 1.54) is 5.56 Å². The van der Waals surface area contributed by atoms with E-state index in [1.54, 1.807) is 18.0 Å². The Balaban J connectivity index is 2.02. The minimum absolute atomic E-state index is 0.222. The third-order valence-electron chi connectivity index (χ3n) is 2.79. The van der Waals surface area contributed by atoms with E-state index in [9.17, 15) is 0 Å². The second-order valence-corrected chi connectivity index (χ2v) is 5.29. The molecule has 0 aliphatic heterocycles. The molecule has 2 aromatic heterocycles. The lowest BCUT2D eigenvalue weighted by molar-refractivity contribution is 0.644. The smallest absolute Gasteiger partial charge is 0.174 e. The van der Waals surface area contributed by atoms with E-state index >= 15 is 0 Å². The second-order valence-electron chi connectivity index (χ2n) is 4.30. The van der Waals surface area contributed by atoms with Crippen molar-refractivity contribution in [1.82, 2.24) is 14.5 Å². The molecule has 0 amide bonds. The van der Waals surface area contributed by atoms with E-state index < -0.39 is 0 Å². The number of hydrogen-bond donors (Lipinski definition) is 1. The number of imidazole rings is 1. The highest BCUT2D eigenvalue weighted by molar-refractivity contribution is 7.99. The molecule has 18 heavy (non-hydrogen) atoms. The van der Waals surface area contributed by atoms with Gasteiger partial charge in [-0.3, -0.25) is 0 Å². The standard InChI is InChI=1S/C13H18N4S/c1-3-11(14)8-10-4-5-12(16-9-10)18-13-15-6-7-17(13)2/h4-7,9,11H,3,8,14H2,1-2H3. The van der Waals surface area contributed by atoms with Crippen LogP contribution in [-0.2, 0) is 13.5 Å². The van der Waals surface area contributed by atoms with Crippen LogP contribution in [0.3, 0.4) is 0 Å². The highest BCUT2D eigenvalue weighted by Gasteiger charge is 2.05. The van der Waals surface area contributed by atoms with Crippen molar-refractivity contribution in [3.8, 4) is 0 Å². The highest BCUT2D eigenvalue weighted by atomic mass is 32.2. The first-order valence-electron chi connectivity index (χ1n) is 6.04. The van der Waals surface area contributed by atoms with Crippen LogP contribution < -0.4 is 5.73 Å². The summed E-state index contributed by atoms with van der Waals surface area (Å²) >= 11 is 1.56. The molecule has 0 radical (unpaired) electrons. The molecule has 0 aliphatic rings. The van der Waals surface area contributed by atoms with Gasteiger partial charge in [0.1, 0.15) is 5.03 Å². The molecule has 0 aliphatic carbocycles. The van der Waals surface area contributed by atoms with E-state index in [0.29, 0.717) is 0 Å². The van der Waals surface area contributed by atoms with Crippen molar-refractivity contribution in [3.05, 3.63) is 36.3 Å². The minimum Gasteiger partial charge on any atom is -0.329 e. The van der Waals surface area contributed by atoms with Crippen LogP contribution in [-0.4, -0.2) is 20.6 Å². The first-order chi connectivity index (χ1) is 8.69. The van der Waals surface area contributed by atoms with Gasteiger partial charge in [0.25, 0.3) is 0 Å². The van der Waals surface area contributed by atoms with Gasteiger partial charge in [0, 0.05) is 31.7 Å². The van der Waals surface area contributed by atoms with Crippen molar-refractivity contribution < 1.29 is 0 Å². The van der Waals surface area contributed by atoms with Crippen molar-refractivity contribution in [2.75, 3.05) is 0 Å². The topological polar surface area (TPSA) is 56.7 Å². The van der Waals surface area contributed by atoms with Crippen LogP contribution in [0.25, 0.3) is 0 Å². The summed E-state index contributed by atoms with van der Waals surface area (Å²) in [6.45, 7) is 2.10. The van der Waals surface area contributed by atoms with Crippen LogP contribution in [0.2, 0.25) is 0 Å². The van der Waals surface area contributed by atoms with Crippen LogP contribution in [0.4, 0.5) is 0 Å². The third kappa shape index (κ3) is 3.34. The van der Waals surface area contributed by atoms with Gasteiger partial charge in [-0.15, -0.1) is 0 Å². The zero-order chi connectivity index (χ0) is 13.0. The largest absolute Gasteiger partial charge is 0.329 e. The number of nitrogens with two attached hydrogens (primary N) is 1. The summed E-state index contributed by atoms with van der Waals surface area (Å²) in [5.41, 5.74) is 7.11. The molecule has 1 atom stereocenters. The molecule has 2 heterocycles. The molecule has 0 bridgehead atoms. The predicted molar refractivity (Wildman–Crippen MR) is 73.5 cm³/mol. The number of aryl methyl sites for hydroxylation is 1. The maximum atomic E-state index is 5.93. The van der Waals surface area contributed by atoms with Crippen LogP contribution in [0, 0.1) is 0 Å². The van der Waals surface area contributed by atoms with E-state index in [4.69, 9.17) is 5.73 Å². The number of pyridine rings is 1. The molecule has 0 saturated carbocycles. The molecule has 2 N–H and O–H groups in total. The number of hydrogen-bond acceptors (Lipinski definition) is 4. The first-order valence-corrected chi connectivity index (χ1v) is 6.86. The van der Waals surface area contributed by atoms with Crippen LogP contribution in [0.5, 0.6) is 0 Å². The fraction of sp³-hybridized carbons (Fsp3) is 0.385. The van der Waals surface area contributed by atoms with Gasteiger partial charge < -0.3 is 10.3 Å². The molecule has 0 saturated heterocycles. The van der Waals surface area contributed by atoms with E-state index in [2.05, 4.69) is 23.0 Å². The lowest BCUT2D eigenvalue weighted by Gasteiger charge is -2.08. The fourth-order valence-corrected chi connectivity index (χ4v) is 2.33. The van der Waals surface area contributed by atoms with Gasteiger partial charge in [-0.2, -0.15) is 0 Å². The van der Waals surface area contributed by atoms with Crippen molar-refractivity contribution in [3.63, 3.8) is 0 Å². The fourth-order valence-electron chi connectivity index (χ4n) is 1.58. The molecule has 4 nitrogen and oxygen atoms in total. The van der Waals surface area contributed by atoms with Crippen LogP contribution in [0.15, 0.2) is 40.9 Å². The maximum Gasteiger partial charge on any atom is 0.174 e. The molecule has 2 aromatic rings. The Morgan fingerprint density at radius 2 is 2.22 bits per heavy atom. The Bertz CT molecular complexity index is 492. The van der Waals surface area contributed by atoms with Gasteiger partial charge in [0.15, 0.2) is 5.16 Å². The monoisotopic (exact) mass is 262 g/mol. The lowest BCUT2D eigenvalue weighted by atomic mass is 10.1. The van der Waals surface area contributed by atoms with Gasteiger partial charge in [0.2, 0.25) is 0 Å². The van der Waals surface area contributed by atoms with Crippen LogP contribution in [0.1, 0.15) is 18.9 Å². The quantitative estimate of drug-likeness (QED) is 0.898. The van der Waals surface area contributed by atoms with Crippen molar-refractivity contribution in [1.29, 1.82) is 0 Å². The van der Waals surface area contributed by atoms with Gasteiger partial charge in [-0.25, -0.2) is 9.97 Å². The molecular formula is C13H18N4S. The number of rotatable bonds is 5. The Morgan fingerprint density at radius 3 is 2.78 bits per heavy atom. The molecule has 5 heteroatoms. The Kier molecular flexibility index (Phi) is 4.38. The summed E-state index contributed by atoms with van der Waals surface area (Å²) in [6, 6.07) is 4.34. The van der Waals surface area contributed by atoms with Gasteiger partial charge in [0.05, 0.1) is 0 Å². The summed E-state index contributed by atoms with van der Waals surface area (Å²) in [6.07, 6.45) is 7.50. The normalized spacial score (nSPS) is 12.6. The van der Waals surface area contributed by atoms with Gasteiger partial charge in [-0.1, -0.05) is 13.0 Å². The van der Waals surface area contributed by atoms with Crippen LogP contribution >= 0.6 is 11.8 Å². The van der Waals surface area contributed by atoms with Gasteiger partial charge in [-0.05, 0) is 36.2 Å². The molecule has 0 fully saturated rings. The molecule has 0 aromatic carbocycles. The summed E-state index contributed by atoms with van der Waals surface area (Å²) in [7, 11) is 1.98. The SMILES string of the molecule is CCC(N)Cc1ccc(Sc2nccn2C)nc1. The Morgan fingerprint density at radius 1 is 1.39 bits per heavy atom. The van der Waals surface area contributed by atoms with E-state index in [1.807, 2.05) is 30.1 Å². The zero-order valence-electron chi connectivity index (χ0n) is 10.7. The van der Waals surface area contributed by atoms with Crippen molar-refractivity contribution in [2.45, 2.75) is 36.0 Å². The van der Waals surface area contributed by atoms with E-state index in [0.717, 1.165) is 23.0 Å². The summed E-state index contributed by atoms with van der Waals surface area (Å²) < 4.78 is 1.98. The molecule has 96 valence electrons. The molecule has 0 spiro atoms. The molecule has 1 unspecified atom stereocenters. The second kappa shape index (κ2) is 6.02. The maximum absolute atomic E-state index is 5.93. The number of nitrogens with zero attached hydrogens (tertiary/aromatic N) is 3. The lowest BCUT2D eigenvalue weighted by Crippen LogP contribution is -2.21. The minimum atomic E-state index is 0.222. The summed E-state index contributed by atoms with van der Waals surface area (Å²) in [5.74, 6) is 0. The Labute approximate surface area is 112 Å². The van der Waals surface area contributed by atoms with Gasteiger partial charge >= 0.3 is 0 Å². The highest BCUT2D eigenvalue weighted by Crippen LogP contribution is 2.23. The number of aromatic nitrogens is 3. The first kappa shape index (κ1) is 13.1. The molecule has 2 rings (SSSR count). The van der Waals surface area contributed by atoms with Crippen molar-refractivity contribution in [2.24, 2.45) is 12.8 Å². The Hall–Kier alpha value is -1.33. The summed E-state index contributed by atoms with van der Waals surface area (Å²) in [4.78, 5) is 8.70. The van der Waals surface area contributed by atoms with E-state index in [-0.39, 0.29) is 6.04 Å².